The van der Waals surface area contributed by atoms with Crippen LogP contribution in [0.15, 0.2) is 51.4 Å². The largest absolute Gasteiger partial charge is 0.467 e. The molecule has 3 heterocycles. The van der Waals surface area contributed by atoms with E-state index in [-0.39, 0.29) is 17.5 Å². The molecule has 3 aromatic rings. The van der Waals surface area contributed by atoms with Crippen LogP contribution in [0.25, 0.3) is 0 Å². The highest BCUT2D eigenvalue weighted by Gasteiger charge is 2.20. The van der Waals surface area contributed by atoms with Crippen molar-refractivity contribution in [3.8, 4) is 0 Å². The summed E-state index contributed by atoms with van der Waals surface area (Å²) in [6, 6.07) is 10.2. The predicted molar refractivity (Wildman–Crippen MR) is 112 cm³/mol. The summed E-state index contributed by atoms with van der Waals surface area (Å²) >= 11 is 2.88. The molecule has 0 bridgehead atoms. The lowest BCUT2D eigenvalue weighted by molar-refractivity contribution is -0.118. The number of amides is 1. The molecule has 4 rings (SSSR count). The van der Waals surface area contributed by atoms with Gasteiger partial charge in [-0.3, -0.25) is 4.79 Å². The first-order valence-corrected chi connectivity index (χ1v) is 11.0. The molecule has 0 spiro atoms. The number of carbonyl (C=O) groups is 1. The summed E-state index contributed by atoms with van der Waals surface area (Å²) < 4.78 is 19.1. The van der Waals surface area contributed by atoms with Crippen LogP contribution in [0.4, 0.5) is 15.2 Å². The number of rotatable bonds is 7. The highest BCUT2D eigenvalue weighted by Crippen LogP contribution is 2.29. The first kappa shape index (κ1) is 19.7. The van der Waals surface area contributed by atoms with Crippen LogP contribution in [0.1, 0.15) is 5.76 Å². The van der Waals surface area contributed by atoms with Crippen molar-refractivity contribution in [2.75, 3.05) is 41.7 Å². The zero-order valence-electron chi connectivity index (χ0n) is 15.6. The first-order chi connectivity index (χ1) is 14.2. The van der Waals surface area contributed by atoms with E-state index in [0.29, 0.717) is 6.54 Å². The van der Waals surface area contributed by atoms with Gasteiger partial charge in [0.15, 0.2) is 4.34 Å². The number of hydrogen-bond acceptors (Lipinski definition) is 8. The summed E-state index contributed by atoms with van der Waals surface area (Å²) in [4.78, 5) is 16.4. The molecular weight excluding hydrogens is 413 g/mol. The van der Waals surface area contributed by atoms with Crippen molar-refractivity contribution < 1.29 is 13.6 Å². The average molecular weight is 434 g/mol. The third kappa shape index (κ3) is 5.27. The van der Waals surface area contributed by atoms with E-state index in [4.69, 9.17) is 4.42 Å². The number of benzene rings is 1. The lowest BCUT2D eigenvalue weighted by atomic mass is 10.2. The fourth-order valence-corrected chi connectivity index (χ4v) is 4.70. The number of nitrogens with one attached hydrogen (secondary N) is 1. The lowest BCUT2D eigenvalue weighted by Crippen LogP contribution is -2.46. The highest BCUT2D eigenvalue weighted by atomic mass is 32.2. The summed E-state index contributed by atoms with van der Waals surface area (Å²) in [5, 5.41) is 12.1. The monoisotopic (exact) mass is 433 g/mol. The highest BCUT2D eigenvalue weighted by molar-refractivity contribution is 8.01. The van der Waals surface area contributed by atoms with Gasteiger partial charge in [0.25, 0.3) is 0 Å². The van der Waals surface area contributed by atoms with Gasteiger partial charge in [-0.2, -0.15) is 0 Å². The van der Waals surface area contributed by atoms with E-state index in [0.717, 1.165) is 47.1 Å². The van der Waals surface area contributed by atoms with Crippen LogP contribution in [-0.2, 0) is 11.3 Å². The summed E-state index contributed by atoms with van der Waals surface area (Å²) in [5.41, 5.74) is 1.03. The molecule has 152 valence electrons. The van der Waals surface area contributed by atoms with Crippen molar-refractivity contribution in [2.24, 2.45) is 0 Å². The van der Waals surface area contributed by atoms with Crippen molar-refractivity contribution >= 4 is 39.8 Å². The standard InChI is InChI=1S/C19H20FN5O2S2/c20-14-3-5-15(6-4-14)24-7-9-25(10-8-24)18-22-23-19(29-18)28-13-17(26)21-12-16-2-1-11-27-16/h1-6,11H,7-10,12-13H2,(H,21,26). The minimum Gasteiger partial charge on any atom is -0.467 e. The second kappa shape index (κ2) is 9.27. The molecule has 0 saturated carbocycles. The first-order valence-electron chi connectivity index (χ1n) is 9.18. The maximum absolute atomic E-state index is 13.1. The second-order valence-electron chi connectivity index (χ2n) is 6.45. The molecule has 0 aliphatic carbocycles. The van der Waals surface area contributed by atoms with Crippen LogP contribution >= 0.6 is 23.1 Å². The molecule has 0 radical (unpaired) electrons. The molecule has 1 fully saturated rings. The van der Waals surface area contributed by atoms with E-state index in [1.165, 1.54) is 35.2 Å². The number of aromatic nitrogens is 2. The summed E-state index contributed by atoms with van der Waals surface area (Å²) in [6.07, 6.45) is 1.58. The molecule has 1 aliphatic heterocycles. The Balaban J connectivity index is 1.23. The van der Waals surface area contributed by atoms with E-state index in [9.17, 15) is 9.18 Å². The number of furan rings is 1. The Morgan fingerprint density at radius 1 is 1.14 bits per heavy atom. The van der Waals surface area contributed by atoms with E-state index in [1.807, 2.05) is 18.2 Å². The summed E-state index contributed by atoms with van der Waals surface area (Å²) in [7, 11) is 0. The number of hydrogen-bond donors (Lipinski definition) is 1. The summed E-state index contributed by atoms with van der Waals surface area (Å²) in [6.45, 7) is 3.69. The van der Waals surface area contributed by atoms with E-state index < -0.39 is 0 Å². The molecule has 1 aromatic carbocycles. The Morgan fingerprint density at radius 2 is 1.90 bits per heavy atom. The summed E-state index contributed by atoms with van der Waals surface area (Å²) in [5.74, 6) is 0.714. The van der Waals surface area contributed by atoms with Crippen molar-refractivity contribution in [1.82, 2.24) is 15.5 Å². The molecule has 7 nitrogen and oxygen atoms in total. The SMILES string of the molecule is O=C(CSc1nnc(N2CCN(c3ccc(F)cc3)CC2)s1)NCc1ccco1. The van der Waals surface area contributed by atoms with Crippen LogP contribution in [-0.4, -0.2) is 48.0 Å². The van der Waals surface area contributed by atoms with Crippen molar-refractivity contribution in [3.63, 3.8) is 0 Å². The fraction of sp³-hybridized carbons (Fsp3) is 0.316. The van der Waals surface area contributed by atoms with Crippen LogP contribution in [0.3, 0.4) is 0 Å². The average Bonchev–Trinajstić information content (AvgIpc) is 3.44. The third-order valence-electron chi connectivity index (χ3n) is 4.50. The van der Waals surface area contributed by atoms with Crippen LogP contribution in [0, 0.1) is 5.82 Å². The molecule has 1 saturated heterocycles. The van der Waals surface area contributed by atoms with Gasteiger partial charge >= 0.3 is 0 Å². The van der Waals surface area contributed by atoms with Gasteiger partial charge in [0, 0.05) is 31.9 Å². The Hall–Kier alpha value is -2.59. The smallest absolute Gasteiger partial charge is 0.230 e. The number of nitrogens with zero attached hydrogens (tertiary/aromatic N) is 4. The van der Waals surface area contributed by atoms with Gasteiger partial charge in [0.2, 0.25) is 11.0 Å². The fourth-order valence-electron chi connectivity index (χ4n) is 2.97. The second-order valence-corrected chi connectivity index (χ2v) is 8.62. The van der Waals surface area contributed by atoms with Gasteiger partial charge in [0.05, 0.1) is 18.6 Å². The van der Waals surface area contributed by atoms with Gasteiger partial charge in [-0.1, -0.05) is 23.1 Å². The van der Waals surface area contributed by atoms with E-state index in [1.54, 1.807) is 12.3 Å². The third-order valence-corrected chi connectivity index (χ3v) is 6.62. The van der Waals surface area contributed by atoms with Crippen LogP contribution in [0.5, 0.6) is 0 Å². The number of piperazine rings is 1. The van der Waals surface area contributed by atoms with Gasteiger partial charge in [0.1, 0.15) is 11.6 Å². The Bertz CT molecular complexity index is 924. The lowest BCUT2D eigenvalue weighted by Gasteiger charge is -2.35. The number of carbonyl (C=O) groups excluding carboxylic acids is 1. The molecule has 1 amide bonds. The Labute approximate surface area is 175 Å². The molecular formula is C19H20FN5O2S2. The van der Waals surface area contributed by atoms with Crippen molar-refractivity contribution in [2.45, 2.75) is 10.9 Å². The zero-order chi connectivity index (χ0) is 20.1. The maximum Gasteiger partial charge on any atom is 0.230 e. The minimum absolute atomic E-state index is 0.0731. The molecule has 1 N–H and O–H groups in total. The quantitative estimate of drug-likeness (QED) is 0.574. The number of thioether (sulfide) groups is 1. The van der Waals surface area contributed by atoms with Crippen molar-refractivity contribution in [1.29, 1.82) is 0 Å². The maximum atomic E-state index is 13.1. The normalized spacial score (nSPS) is 14.2. The van der Waals surface area contributed by atoms with Crippen LogP contribution < -0.4 is 15.1 Å². The molecule has 0 unspecified atom stereocenters. The molecule has 10 heteroatoms. The van der Waals surface area contributed by atoms with Crippen molar-refractivity contribution in [3.05, 3.63) is 54.2 Å². The Kier molecular flexibility index (Phi) is 6.30. The number of anilines is 2. The Morgan fingerprint density at radius 3 is 2.62 bits per heavy atom. The van der Waals surface area contributed by atoms with Gasteiger partial charge in [-0.05, 0) is 36.4 Å². The van der Waals surface area contributed by atoms with E-state index in [2.05, 4.69) is 25.3 Å². The molecule has 29 heavy (non-hydrogen) atoms. The molecule has 0 atom stereocenters. The zero-order valence-corrected chi connectivity index (χ0v) is 17.2. The molecule has 1 aliphatic rings. The topological polar surface area (TPSA) is 74.5 Å². The predicted octanol–water partition coefficient (Wildman–Crippen LogP) is 3.01. The van der Waals surface area contributed by atoms with Gasteiger partial charge in [-0.25, -0.2) is 4.39 Å². The number of halogens is 1. The minimum atomic E-state index is -0.221. The molecule has 2 aromatic heterocycles. The van der Waals surface area contributed by atoms with E-state index >= 15 is 0 Å². The van der Waals surface area contributed by atoms with Gasteiger partial charge < -0.3 is 19.5 Å². The van der Waals surface area contributed by atoms with Crippen LogP contribution in [0.2, 0.25) is 0 Å². The van der Waals surface area contributed by atoms with Gasteiger partial charge in [-0.15, -0.1) is 10.2 Å².